The number of nitrogens with one attached hydrogen (secondary N) is 3. The lowest BCUT2D eigenvalue weighted by Crippen LogP contribution is -2.28. The highest BCUT2D eigenvalue weighted by molar-refractivity contribution is 5.94. The van der Waals surface area contributed by atoms with Crippen LogP contribution in [0, 0.1) is 0 Å². The summed E-state index contributed by atoms with van der Waals surface area (Å²) in [5.41, 5.74) is 4.26. The molecule has 2 aromatic heterocycles. The summed E-state index contributed by atoms with van der Waals surface area (Å²) in [6, 6.07) is 9.66. The predicted molar refractivity (Wildman–Crippen MR) is 93.5 cm³/mol. The molecule has 7 nitrogen and oxygen atoms in total. The van der Waals surface area contributed by atoms with Gasteiger partial charge < -0.3 is 15.4 Å². The molecule has 0 radical (unpaired) electrons. The van der Waals surface area contributed by atoms with E-state index in [4.69, 9.17) is 4.74 Å². The van der Waals surface area contributed by atoms with E-state index in [9.17, 15) is 4.79 Å². The van der Waals surface area contributed by atoms with Gasteiger partial charge in [0.05, 0.1) is 12.6 Å². The van der Waals surface area contributed by atoms with Gasteiger partial charge in [-0.3, -0.25) is 9.89 Å². The molecule has 3 heterocycles. The number of hydrogen-bond acceptors (Lipinski definition) is 5. The van der Waals surface area contributed by atoms with E-state index in [2.05, 4.69) is 25.8 Å². The molecule has 0 bridgehead atoms. The summed E-state index contributed by atoms with van der Waals surface area (Å²) in [4.78, 5) is 17.0. The highest BCUT2D eigenvalue weighted by Crippen LogP contribution is 2.22. The van der Waals surface area contributed by atoms with E-state index in [1.54, 1.807) is 7.11 Å². The molecule has 0 unspecified atom stereocenters. The third-order valence-corrected chi connectivity index (χ3v) is 4.45. The summed E-state index contributed by atoms with van der Waals surface area (Å²) in [6.45, 7) is 1.95. The Hall–Kier alpha value is -2.93. The molecule has 1 aliphatic heterocycles. The fourth-order valence-electron chi connectivity index (χ4n) is 3.14. The van der Waals surface area contributed by atoms with E-state index >= 15 is 0 Å². The molecule has 0 fully saturated rings. The van der Waals surface area contributed by atoms with Crippen LogP contribution >= 0.6 is 0 Å². The zero-order chi connectivity index (χ0) is 17.2. The van der Waals surface area contributed by atoms with Gasteiger partial charge in [-0.25, -0.2) is 4.98 Å². The molecule has 25 heavy (non-hydrogen) atoms. The number of rotatable bonds is 4. The van der Waals surface area contributed by atoms with E-state index in [1.165, 1.54) is 0 Å². The Balaban J connectivity index is 1.58. The van der Waals surface area contributed by atoms with Crippen LogP contribution in [-0.2, 0) is 19.5 Å². The molecule has 0 saturated heterocycles. The van der Waals surface area contributed by atoms with Gasteiger partial charge in [-0.05, 0) is 11.6 Å². The number of pyridine rings is 1. The molecular formula is C18H19N5O2. The quantitative estimate of drug-likeness (QED) is 0.672. The number of para-hydroxylation sites is 1. The van der Waals surface area contributed by atoms with Crippen LogP contribution in [-0.4, -0.2) is 34.7 Å². The molecule has 0 saturated carbocycles. The van der Waals surface area contributed by atoms with E-state index in [1.807, 2.05) is 30.3 Å². The lowest BCUT2D eigenvalue weighted by molar-refractivity contribution is 0.0945. The molecule has 1 amide bonds. The van der Waals surface area contributed by atoms with Crippen LogP contribution in [0.25, 0.3) is 10.9 Å². The maximum atomic E-state index is 12.6. The van der Waals surface area contributed by atoms with Gasteiger partial charge in [0, 0.05) is 48.8 Å². The number of methoxy groups -OCH3 is 1. The average Bonchev–Trinajstić information content (AvgIpc) is 3.09. The molecule has 4 rings (SSSR count). The fraction of sp³-hybridized carbons (Fsp3) is 0.278. The van der Waals surface area contributed by atoms with Crippen molar-refractivity contribution in [2.45, 2.75) is 19.5 Å². The Bertz CT molecular complexity index is 934. The summed E-state index contributed by atoms with van der Waals surface area (Å²) in [5.74, 6) is 0.352. The number of carbonyl (C=O) groups is 1. The van der Waals surface area contributed by atoms with Crippen molar-refractivity contribution in [3.63, 3.8) is 0 Å². The number of hydrogen-bond donors (Lipinski definition) is 3. The SMILES string of the molecule is COc1cc(CNC(=O)c2n[nH]c3c2CNCC3)c2ccccc2n1. The van der Waals surface area contributed by atoms with Crippen LogP contribution in [0.1, 0.15) is 27.3 Å². The van der Waals surface area contributed by atoms with Crippen molar-refractivity contribution in [2.75, 3.05) is 13.7 Å². The topological polar surface area (TPSA) is 91.9 Å². The van der Waals surface area contributed by atoms with Gasteiger partial charge in [-0.2, -0.15) is 5.10 Å². The molecule has 0 atom stereocenters. The first kappa shape index (κ1) is 15.6. The maximum Gasteiger partial charge on any atom is 0.272 e. The Kier molecular flexibility index (Phi) is 4.07. The Labute approximate surface area is 144 Å². The molecule has 3 N–H and O–H groups in total. The summed E-state index contributed by atoms with van der Waals surface area (Å²) < 4.78 is 5.27. The fourth-order valence-corrected chi connectivity index (χ4v) is 3.14. The first-order valence-electron chi connectivity index (χ1n) is 8.24. The van der Waals surface area contributed by atoms with Crippen LogP contribution in [0.4, 0.5) is 0 Å². The van der Waals surface area contributed by atoms with E-state index in [-0.39, 0.29) is 5.91 Å². The smallest absolute Gasteiger partial charge is 0.272 e. The number of nitrogens with zero attached hydrogens (tertiary/aromatic N) is 2. The minimum absolute atomic E-state index is 0.180. The average molecular weight is 337 g/mol. The van der Waals surface area contributed by atoms with Crippen molar-refractivity contribution in [2.24, 2.45) is 0 Å². The Morgan fingerprint density at radius 1 is 1.36 bits per heavy atom. The summed E-state index contributed by atoms with van der Waals surface area (Å²) >= 11 is 0. The lowest BCUT2D eigenvalue weighted by Gasteiger charge is -2.13. The number of amides is 1. The van der Waals surface area contributed by atoms with Crippen LogP contribution in [0.15, 0.2) is 30.3 Å². The lowest BCUT2D eigenvalue weighted by atomic mass is 10.1. The van der Waals surface area contributed by atoms with Gasteiger partial charge in [0.2, 0.25) is 5.88 Å². The van der Waals surface area contributed by atoms with Crippen LogP contribution < -0.4 is 15.4 Å². The predicted octanol–water partition coefficient (Wildman–Crippen LogP) is 1.54. The number of carbonyl (C=O) groups excluding carboxylic acids is 1. The minimum atomic E-state index is -0.180. The van der Waals surface area contributed by atoms with Gasteiger partial charge in [-0.1, -0.05) is 18.2 Å². The normalized spacial score (nSPS) is 13.5. The van der Waals surface area contributed by atoms with Gasteiger partial charge in [0.15, 0.2) is 5.69 Å². The van der Waals surface area contributed by atoms with Gasteiger partial charge in [0.1, 0.15) is 0 Å². The molecule has 0 aliphatic carbocycles. The van der Waals surface area contributed by atoms with Crippen molar-refractivity contribution < 1.29 is 9.53 Å². The monoisotopic (exact) mass is 337 g/mol. The number of aromatic amines is 1. The van der Waals surface area contributed by atoms with Crippen LogP contribution in [0.5, 0.6) is 5.88 Å². The molecule has 1 aliphatic rings. The molecule has 128 valence electrons. The minimum Gasteiger partial charge on any atom is -0.481 e. The highest BCUT2D eigenvalue weighted by Gasteiger charge is 2.21. The first-order valence-corrected chi connectivity index (χ1v) is 8.24. The van der Waals surface area contributed by atoms with Gasteiger partial charge >= 0.3 is 0 Å². The van der Waals surface area contributed by atoms with Crippen molar-refractivity contribution in [1.29, 1.82) is 0 Å². The molecule has 1 aromatic carbocycles. The van der Waals surface area contributed by atoms with Crippen LogP contribution in [0.2, 0.25) is 0 Å². The van der Waals surface area contributed by atoms with E-state index < -0.39 is 0 Å². The third kappa shape index (κ3) is 2.94. The van der Waals surface area contributed by atoms with Crippen molar-refractivity contribution in [3.05, 3.63) is 52.8 Å². The largest absolute Gasteiger partial charge is 0.481 e. The van der Waals surface area contributed by atoms with Gasteiger partial charge in [0.25, 0.3) is 5.91 Å². The summed E-state index contributed by atoms with van der Waals surface area (Å²) in [5, 5.41) is 14.4. The number of H-pyrrole nitrogens is 1. The first-order chi connectivity index (χ1) is 12.3. The molecular weight excluding hydrogens is 318 g/mol. The van der Waals surface area contributed by atoms with Crippen molar-refractivity contribution >= 4 is 16.8 Å². The zero-order valence-electron chi connectivity index (χ0n) is 13.9. The molecule has 7 heteroatoms. The maximum absolute atomic E-state index is 12.6. The van der Waals surface area contributed by atoms with E-state index in [0.29, 0.717) is 24.7 Å². The van der Waals surface area contributed by atoms with E-state index in [0.717, 1.165) is 40.7 Å². The standard InChI is InChI=1S/C18H19N5O2/c1-25-16-8-11(12-4-2-3-5-14(12)21-16)9-20-18(24)17-13-10-19-7-6-15(13)22-23-17/h2-5,8,19H,6-7,9-10H2,1H3,(H,20,24)(H,22,23). The molecule has 3 aromatic rings. The summed E-state index contributed by atoms with van der Waals surface area (Å²) in [6.07, 6.45) is 0.863. The second-order valence-electron chi connectivity index (χ2n) is 5.98. The number of fused-ring (bicyclic) bond motifs is 2. The third-order valence-electron chi connectivity index (χ3n) is 4.45. The molecule has 0 spiro atoms. The number of benzene rings is 1. The van der Waals surface area contributed by atoms with Crippen LogP contribution in [0.3, 0.4) is 0 Å². The second-order valence-corrected chi connectivity index (χ2v) is 5.98. The Morgan fingerprint density at radius 2 is 2.24 bits per heavy atom. The van der Waals surface area contributed by atoms with Crippen molar-refractivity contribution in [1.82, 2.24) is 25.8 Å². The van der Waals surface area contributed by atoms with Crippen molar-refractivity contribution in [3.8, 4) is 5.88 Å². The summed E-state index contributed by atoms with van der Waals surface area (Å²) in [7, 11) is 1.59. The number of ether oxygens (including phenoxy) is 1. The number of aromatic nitrogens is 3. The zero-order valence-corrected chi connectivity index (χ0v) is 13.9. The van der Waals surface area contributed by atoms with Gasteiger partial charge in [-0.15, -0.1) is 0 Å². The highest BCUT2D eigenvalue weighted by atomic mass is 16.5. The Morgan fingerprint density at radius 3 is 3.12 bits per heavy atom. The second kappa shape index (κ2) is 6.52.